The molecule has 1 fully saturated rings. The van der Waals surface area contributed by atoms with E-state index in [1.54, 1.807) is 6.92 Å². The zero-order valence-corrected chi connectivity index (χ0v) is 10.8. The predicted molar refractivity (Wildman–Crippen MR) is 65.3 cm³/mol. The van der Waals surface area contributed by atoms with Gasteiger partial charge in [-0.15, -0.1) is 0 Å². The zero-order valence-electron chi connectivity index (χ0n) is 9.99. The van der Waals surface area contributed by atoms with Gasteiger partial charge in [0.05, 0.1) is 13.2 Å². The summed E-state index contributed by atoms with van der Waals surface area (Å²) in [5, 5.41) is 5.29. The molecule has 5 nitrogen and oxygen atoms in total. The van der Waals surface area contributed by atoms with Gasteiger partial charge in [0.25, 0.3) is 0 Å². The molecule has 0 aromatic carbocycles. The van der Waals surface area contributed by atoms with Crippen LogP contribution in [0.1, 0.15) is 19.8 Å². The quantitative estimate of drug-likeness (QED) is 0.550. The minimum absolute atomic E-state index is 0.0517. The molecule has 0 aromatic heterocycles. The summed E-state index contributed by atoms with van der Waals surface area (Å²) in [7, 11) is 0. The molecule has 0 spiro atoms. The molecule has 100 valence electrons. The van der Waals surface area contributed by atoms with Crippen LogP contribution in [0, 0.1) is 0 Å². The summed E-state index contributed by atoms with van der Waals surface area (Å²) < 4.78 is 18.9. The number of thioether (sulfide) groups is 1. The first kappa shape index (κ1) is 13.2. The smallest absolute Gasteiger partial charge is 0.344 e. The molecular weight excluding hydrogens is 259 g/mol. The van der Waals surface area contributed by atoms with Gasteiger partial charge in [-0.3, -0.25) is 4.79 Å². The number of ether oxygens (including phenoxy) is 1. The Bertz CT molecular complexity index is 398. The number of rotatable bonds is 6. The van der Waals surface area contributed by atoms with Gasteiger partial charge in [0.2, 0.25) is 11.3 Å². The molecule has 1 saturated carbocycles. The normalized spacial score (nSPS) is 28.0. The first-order chi connectivity index (χ1) is 8.56. The van der Waals surface area contributed by atoms with Gasteiger partial charge >= 0.3 is 5.97 Å². The van der Waals surface area contributed by atoms with Crippen molar-refractivity contribution in [3.63, 3.8) is 0 Å². The lowest BCUT2D eigenvalue weighted by Crippen LogP contribution is -2.52. The lowest BCUT2D eigenvalue weighted by molar-refractivity contribution is -0.146. The molecule has 7 heteroatoms. The van der Waals surface area contributed by atoms with Crippen molar-refractivity contribution in [2.45, 2.75) is 30.3 Å². The molecule has 2 N–H and O–H groups in total. The number of nitrogens with one attached hydrogen (secondary N) is 2. The molecule has 1 amide bonds. The average molecular weight is 274 g/mol. The maximum absolute atomic E-state index is 13.9. The van der Waals surface area contributed by atoms with Gasteiger partial charge in [0, 0.05) is 11.1 Å². The van der Waals surface area contributed by atoms with Crippen molar-refractivity contribution in [2.75, 3.05) is 13.2 Å². The van der Waals surface area contributed by atoms with Gasteiger partial charge in [-0.05, 0) is 19.8 Å². The highest BCUT2D eigenvalue weighted by molar-refractivity contribution is 8.05. The number of halogens is 1. The van der Waals surface area contributed by atoms with Crippen molar-refractivity contribution >= 4 is 24.1 Å². The minimum Gasteiger partial charge on any atom is -0.464 e. The number of hydrogen-bond acceptors (Lipinski definition) is 5. The van der Waals surface area contributed by atoms with Crippen molar-refractivity contribution in [1.29, 1.82) is 0 Å². The van der Waals surface area contributed by atoms with Crippen LogP contribution in [0.3, 0.4) is 0 Å². The molecule has 2 rings (SSSR count). The Balaban J connectivity index is 2.09. The monoisotopic (exact) mass is 274 g/mol. The SMILES string of the molecule is CCOC(=O)C1(CNC=O)NC=C(C2(F)CC2)S1. The van der Waals surface area contributed by atoms with Gasteiger partial charge in [0.1, 0.15) is 5.67 Å². The Labute approximate surface area is 109 Å². The zero-order chi connectivity index (χ0) is 13.2. The highest BCUT2D eigenvalue weighted by Gasteiger charge is 2.55. The van der Waals surface area contributed by atoms with Gasteiger partial charge in [0.15, 0.2) is 0 Å². The lowest BCUT2D eigenvalue weighted by atomic mass is 10.3. The van der Waals surface area contributed by atoms with Crippen molar-refractivity contribution < 1.29 is 18.7 Å². The van der Waals surface area contributed by atoms with Crippen LogP contribution in [-0.4, -0.2) is 36.1 Å². The standard InChI is InChI=1S/C11H15FN2O3S/c1-2-17-9(16)11(6-13-7-15)14-5-8(18-11)10(12)3-4-10/h5,7,14H,2-4,6H2,1H3,(H,13,15). The van der Waals surface area contributed by atoms with E-state index in [9.17, 15) is 14.0 Å². The van der Waals surface area contributed by atoms with Crippen LogP contribution in [0.2, 0.25) is 0 Å². The van der Waals surface area contributed by atoms with Crippen LogP contribution in [0.5, 0.6) is 0 Å². The van der Waals surface area contributed by atoms with Gasteiger partial charge < -0.3 is 15.4 Å². The van der Waals surface area contributed by atoms with Crippen molar-refractivity contribution in [2.24, 2.45) is 0 Å². The fraction of sp³-hybridized carbons (Fsp3) is 0.636. The topological polar surface area (TPSA) is 67.4 Å². The van der Waals surface area contributed by atoms with Crippen LogP contribution in [-0.2, 0) is 14.3 Å². The minimum atomic E-state index is -1.30. The summed E-state index contributed by atoms with van der Waals surface area (Å²) in [6, 6.07) is 0. The van der Waals surface area contributed by atoms with E-state index in [2.05, 4.69) is 10.6 Å². The average Bonchev–Trinajstić information content (AvgIpc) is 2.95. The molecule has 1 aliphatic carbocycles. The van der Waals surface area contributed by atoms with Gasteiger partial charge in [-0.1, -0.05) is 11.8 Å². The van der Waals surface area contributed by atoms with E-state index in [0.717, 1.165) is 11.8 Å². The lowest BCUT2D eigenvalue weighted by Gasteiger charge is -2.26. The van der Waals surface area contributed by atoms with E-state index >= 15 is 0 Å². The molecule has 0 aromatic rings. The van der Waals surface area contributed by atoms with E-state index in [1.165, 1.54) is 6.20 Å². The van der Waals surface area contributed by atoms with Crippen LogP contribution in [0.4, 0.5) is 4.39 Å². The van der Waals surface area contributed by atoms with E-state index in [4.69, 9.17) is 4.74 Å². The predicted octanol–water partition coefficient (Wildman–Crippen LogP) is 0.672. The third kappa shape index (κ3) is 2.31. The Morgan fingerprint density at radius 1 is 1.72 bits per heavy atom. The van der Waals surface area contributed by atoms with Crippen molar-refractivity contribution in [1.82, 2.24) is 10.6 Å². The molecule has 2 aliphatic rings. The molecule has 1 unspecified atom stereocenters. The summed E-state index contributed by atoms with van der Waals surface area (Å²) in [4.78, 5) is 21.7. The van der Waals surface area contributed by atoms with Crippen molar-refractivity contribution in [3.8, 4) is 0 Å². The third-order valence-electron chi connectivity index (χ3n) is 2.89. The molecule has 18 heavy (non-hydrogen) atoms. The first-order valence-corrected chi connectivity index (χ1v) is 6.58. The Morgan fingerprint density at radius 3 is 3.00 bits per heavy atom. The second-order valence-corrected chi connectivity index (χ2v) is 5.61. The third-order valence-corrected chi connectivity index (χ3v) is 4.37. The van der Waals surface area contributed by atoms with Gasteiger partial charge in [-0.25, -0.2) is 9.18 Å². The highest BCUT2D eigenvalue weighted by atomic mass is 32.2. The number of allylic oxidation sites excluding steroid dienone is 1. The number of carbonyl (C=O) groups excluding carboxylic acids is 2. The molecular formula is C11H15FN2O3S. The van der Waals surface area contributed by atoms with Crippen LogP contribution in [0.25, 0.3) is 0 Å². The van der Waals surface area contributed by atoms with Gasteiger partial charge in [-0.2, -0.15) is 0 Å². The number of amides is 1. The van der Waals surface area contributed by atoms with E-state index in [-0.39, 0.29) is 13.2 Å². The summed E-state index contributed by atoms with van der Waals surface area (Å²) >= 11 is 1.09. The summed E-state index contributed by atoms with van der Waals surface area (Å²) in [5.74, 6) is -0.500. The van der Waals surface area contributed by atoms with Crippen LogP contribution < -0.4 is 10.6 Å². The van der Waals surface area contributed by atoms with E-state index in [1.807, 2.05) is 0 Å². The Kier molecular flexibility index (Phi) is 3.52. The number of alkyl halides is 1. The van der Waals surface area contributed by atoms with Crippen LogP contribution >= 0.6 is 11.8 Å². The molecule has 1 atom stereocenters. The molecule has 0 bridgehead atoms. The fourth-order valence-electron chi connectivity index (χ4n) is 1.70. The molecule has 0 radical (unpaired) electrons. The highest BCUT2D eigenvalue weighted by Crippen LogP contribution is 2.54. The fourth-order valence-corrected chi connectivity index (χ4v) is 2.99. The van der Waals surface area contributed by atoms with Crippen LogP contribution in [0.15, 0.2) is 11.1 Å². The summed E-state index contributed by atoms with van der Waals surface area (Å²) in [5.41, 5.74) is -1.30. The van der Waals surface area contributed by atoms with E-state index < -0.39 is 16.5 Å². The largest absolute Gasteiger partial charge is 0.464 e. The summed E-state index contributed by atoms with van der Waals surface area (Å²) in [6.07, 6.45) is 2.98. The molecule has 0 saturated heterocycles. The maximum Gasteiger partial charge on any atom is 0.344 e. The second kappa shape index (κ2) is 4.79. The Morgan fingerprint density at radius 2 is 2.44 bits per heavy atom. The molecule has 1 heterocycles. The first-order valence-electron chi connectivity index (χ1n) is 5.77. The summed E-state index contributed by atoms with van der Waals surface area (Å²) in [6.45, 7) is 1.99. The Hall–Kier alpha value is -1.24. The number of hydrogen-bond donors (Lipinski definition) is 2. The van der Waals surface area contributed by atoms with E-state index in [0.29, 0.717) is 24.2 Å². The maximum atomic E-state index is 13.9. The number of esters is 1. The van der Waals surface area contributed by atoms with Crippen molar-refractivity contribution in [3.05, 3.63) is 11.1 Å². The second-order valence-electron chi connectivity index (χ2n) is 4.27. The number of carbonyl (C=O) groups is 2. The molecule has 1 aliphatic heterocycles.